The van der Waals surface area contributed by atoms with Gasteiger partial charge in [-0.15, -0.1) is 0 Å². The van der Waals surface area contributed by atoms with Gasteiger partial charge in [0.1, 0.15) is 11.5 Å². The van der Waals surface area contributed by atoms with Gasteiger partial charge in [-0.3, -0.25) is 0 Å². The van der Waals surface area contributed by atoms with Crippen molar-refractivity contribution >= 4 is 11.9 Å². The van der Waals surface area contributed by atoms with E-state index in [0.29, 0.717) is 22.6 Å². The lowest BCUT2D eigenvalue weighted by molar-refractivity contribution is -0.131. The number of ether oxygens (including phenoxy) is 2. The monoisotopic (exact) mass is 538 g/mol. The molecule has 210 valence electrons. The summed E-state index contributed by atoms with van der Waals surface area (Å²) in [5.41, 5.74) is 8.43. The minimum atomic E-state index is -0.416. The maximum atomic E-state index is 12.2. The van der Waals surface area contributed by atoms with E-state index in [1.807, 2.05) is 27.7 Å². The largest absolute Gasteiger partial charge is 0.423 e. The minimum Gasteiger partial charge on any atom is -0.423 e. The van der Waals surface area contributed by atoms with E-state index in [-0.39, 0.29) is 10.8 Å². The topological polar surface area (TPSA) is 52.6 Å². The third kappa shape index (κ3) is 6.12. The van der Waals surface area contributed by atoms with Crippen LogP contribution in [0, 0.1) is 27.7 Å². The van der Waals surface area contributed by atoms with Crippen LogP contribution in [0.15, 0.2) is 72.8 Å². The number of carbonyl (C=O) groups is 2. The van der Waals surface area contributed by atoms with E-state index in [2.05, 4.69) is 89.4 Å². The first-order valence-corrected chi connectivity index (χ1v) is 13.6. The summed E-state index contributed by atoms with van der Waals surface area (Å²) in [5.74, 6) is 0.345. The van der Waals surface area contributed by atoms with Crippen LogP contribution in [-0.4, -0.2) is 11.9 Å². The molecule has 3 aromatic rings. The van der Waals surface area contributed by atoms with Gasteiger partial charge in [0.25, 0.3) is 0 Å². The lowest BCUT2D eigenvalue weighted by Crippen LogP contribution is -2.23. The van der Waals surface area contributed by atoms with Crippen LogP contribution in [0.1, 0.15) is 86.1 Å². The Labute approximate surface area is 239 Å². The summed E-state index contributed by atoms with van der Waals surface area (Å²) in [7, 11) is 0. The van der Waals surface area contributed by atoms with Gasteiger partial charge in [-0.05, 0) is 86.1 Å². The quantitative estimate of drug-likeness (QED) is 0.164. The normalized spacial score (nSPS) is 11.7. The molecule has 0 aromatic heterocycles. The number of rotatable bonds is 8. The molecule has 0 saturated carbocycles. The van der Waals surface area contributed by atoms with Gasteiger partial charge >= 0.3 is 11.9 Å². The van der Waals surface area contributed by atoms with Gasteiger partial charge in [0.05, 0.1) is 0 Å². The van der Waals surface area contributed by atoms with Crippen LogP contribution in [0.4, 0.5) is 0 Å². The van der Waals surface area contributed by atoms with Crippen molar-refractivity contribution in [3.05, 3.63) is 117 Å². The average molecular weight is 539 g/mol. The summed E-state index contributed by atoms with van der Waals surface area (Å²) >= 11 is 0. The highest BCUT2D eigenvalue weighted by Gasteiger charge is 2.30. The zero-order valence-corrected chi connectivity index (χ0v) is 25.7. The Kier molecular flexibility index (Phi) is 8.64. The minimum absolute atomic E-state index is 0.301. The van der Waals surface area contributed by atoms with Crippen LogP contribution in [0.5, 0.6) is 11.5 Å². The average Bonchev–Trinajstić information content (AvgIpc) is 2.87. The number of benzene rings is 3. The SMILES string of the molecule is C=C(C)C(=O)Oc1c(C)cc(C(C)(C)c2cccc(C(C)(C)c3cc(C)c(OC(=O)C(=C)C)c(C)c3)c2)cc1C. The maximum absolute atomic E-state index is 12.2. The molecule has 0 bridgehead atoms. The molecule has 40 heavy (non-hydrogen) atoms. The lowest BCUT2D eigenvalue weighted by atomic mass is 9.72. The molecule has 0 atom stereocenters. The molecule has 0 fully saturated rings. The van der Waals surface area contributed by atoms with Crippen LogP contribution >= 0.6 is 0 Å². The van der Waals surface area contributed by atoms with E-state index in [1.54, 1.807) is 13.8 Å². The van der Waals surface area contributed by atoms with E-state index in [0.717, 1.165) is 33.4 Å². The van der Waals surface area contributed by atoms with Crippen molar-refractivity contribution in [2.45, 2.75) is 80.1 Å². The third-order valence-electron chi connectivity index (χ3n) is 7.76. The highest BCUT2D eigenvalue weighted by molar-refractivity contribution is 5.89. The van der Waals surface area contributed by atoms with Crippen LogP contribution in [-0.2, 0) is 20.4 Å². The standard InChI is InChI=1S/C36H42O4/c1-21(2)33(37)39-31-23(5)16-29(17-24(31)6)35(9,10)27-14-13-15-28(20-27)36(11,12)30-18-25(7)32(26(8)19-30)40-34(38)22(3)4/h13-20H,1,3H2,2,4-12H3. The number of hydrogen-bond donors (Lipinski definition) is 0. The Morgan fingerprint density at radius 2 is 0.875 bits per heavy atom. The summed E-state index contributed by atoms with van der Waals surface area (Å²) in [5, 5.41) is 0. The molecule has 0 heterocycles. The zero-order chi connectivity index (χ0) is 30.2. The van der Waals surface area contributed by atoms with Crippen molar-refractivity contribution in [1.29, 1.82) is 0 Å². The predicted octanol–water partition coefficient (Wildman–Crippen LogP) is 8.54. The van der Waals surface area contributed by atoms with Crippen LogP contribution in [0.3, 0.4) is 0 Å². The van der Waals surface area contributed by atoms with Gasteiger partial charge in [-0.1, -0.05) is 89.4 Å². The summed E-state index contributed by atoms with van der Waals surface area (Å²) < 4.78 is 11.2. The Morgan fingerprint density at radius 3 is 1.15 bits per heavy atom. The van der Waals surface area contributed by atoms with Gasteiger partial charge in [-0.2, -0.15) is 0 Å². The molecule has 0 radical (unpaired) electrons. The lowest BCUT2D eigenvalue weighted by Gasteiger charge is -2.32. The second-order valence-electron chi connectivity index (χ2n) is 12.0. The molecule has 3 aromatic carbocycles. The van der Waals surface area contributed by atoms with E-state index in [9.17, 15) is 9.59 Å². The van der Waals surface area contributed by atoms with Crippen molar-refractivity contribution in [2.75, 3.05) is 0 Å². The Bertz CT molecular complexity index is 1360. The van der Waals surface area contributed by atoms with Gasteiger partial charge in [0.15, 0.2) is 0 Å². The molecule has 0 unspecified atom stereocenters. The molecule has 4 heteroatoms. The third-order valence-corrected chi connectivity index (χ3v) is 7.76. The molecule has 3 rings (SSSR count). The number of esters is 2. The molecule has 0 spiro atoms. The van der Waals surface area contributed by atoms with Gasteiger partial charge in [-0.25, -0.2) is 9.59 Å². The molecular formula is C36H42O4. The molecule has 0 aliphatic heterocycles. The highest BCUT2D eigenvalue weighted by Crippen LogP contribution is 2.40. The number of aryl methyl sites for hydroxylation is 4. The fourth-order valence-corrected chi connectivity index (χ4v) is 4.93. The second kappa shape index (κ2) is 11.3. The van der Waals surface area contributed by atoms with Crippen molar-refractivity contribution in [1.82, 2.24) is 0 Å². The molecular weight excluding hydrogens is 496 g/mol. The van der Waals surface area contributed by atoms with E-state index in [4.69, 9.17) is 9.47 Å². The summed E-state index contributed by atoms with van der Waals surface area (Å²) in [4.78, 5) is 24.3. The van der Waals surface area contributed by atoms with Crippen LogP contribution < -0.4 is 9.47 Å². The Morgan fingerprint density at radius 1 is 0.575 bits per heavy atom. The first-order chi connectivity index (χ1) is 18.5. The van der Waals surface area contributed by atoms with Gasteiger partial charge in [0, 0.05) is 22.0 Å². The zero-order valence-electron chi connectivity index (χ0n) is 25.7. The molecule has 0 saturated heterocycles. The maximum Gasteiger partial charge on any atom is 0.338 e. The second-order valence-corrected chi connectivity index (χ2v) is 12.0. The first-order valence-electron chi connectivity index (χ1n) is 13.6. The van der Waals surface area contributed by atoms with E-state index in [1.165, 1.54) is 11.1 Å². The summed E-state index contributed by atoms with van der Waals surface area (Å²) in [6.45, 7) is 27.4. The van der Waals surface area contributed by atoms with Crippen molar-refractivity contribution < 1.29 is 19.1 Å². The van der Waals surface area contributed by atoms with Crippen LogP contribution in [0.25, 0.3) is 0 Å². The summed E-state index contributed by atoms with van der Waals surface area (Å²) in [6.07, 6.45) is 0. The Hall–Kier alpha value is -3.92. The fourth-order valence-electron chi connectivity index (χ4n) is 4.93. The number of hydrogen-bond acceptors (Lipinski definition) is 4. The molecule has 4 nitrogen and oxygen atoms in total. The smallest absolute Gasteiger partial charge is 0.338 e. The molecule has 0 amide bonds. The van der Waals surface area contributed by atoms with Crippen molar-refractivity contribution in [2.24, 2.45) is 0 Å². The van der Waals surface area contributed by atoms with Gasteiger partial charge in [0.2, 0.25) is 0 Å². The molecule has 0 N–H and O–H groups in total. The number of carbonyl (C=O) groups excluding carboxylic acids is 2. The Balaban J connectivity index is 2.01. The van der Waals surface area contributed by atoms with E-state index >= 15 is 0 Å². The van der Waals surface area contributed by atoms with Gasteiger partial charge < -0.3 is 9.47 Å². The molecule has 0 aliphatic carbocycles. The fraction of sp³-hybridized carbons (Fsp3) is 0.333. The highest BCUT2D eigenvalue weighted by atomic mass is 16.5. The molecule has 0 aliphatic rings. The predicted molar refractivity (Wildman–Crippen MR) is 163 cm³/mol. The summed E-state index contributed by atoms with van der Waals surface area (Å²) in [6, 6.07) is 17.1. The van der Waals surface area contributed by atoms with Crippen molar-refractivity contribution in [3.8, 4) is 11.5 Å². The van der Waals surface area contributed by atoms with Crippen molar-refractivity contribution in [3.63, 3.8) is 0 Å². The first kappa shape index (κ1) is 30.6. The van der Waals surface area contributed by atoms with E-state index < -0.39 is 11.9 Å². The van der Waals surface area contributed by atoms with Crippen LogP contribution in [0.2, 0.25) is 0 Å².